The average molecular weight is 516 g/mol. The standard InChI is InChI=1S/C19H13BrClFN2O5S/c1-29-14-5-9(4-11(20)17(14)26)6-15-18(27)24(19(28)30-15)8-16(25)23-10-2-3-13(22)12(21)7-10/h2-7,26H,8H2,1H3,(H,23,25)/b15-6+. The van der Waals surface area contributed by atoms with Crippen LogP contribution in [0.25, 0.3) is 6.08 Å². The van der Waals surface area contributed by atoms with Crippen LogP contribution >= 0.6 is 39.3 Å². The highest BCUT2D eigenvalue weighted by Crippen LogP contribution is 2.38. The molecule has 156 valence electrons. The number of benzene rings is 2. The molecule has 11 heteroatoms. The number of hydrogen-bond acceptors (Lipinski definition) is 6. The molecule has 0 radical (unpaired) electrons. The van der Waals surface area contributed by atoms with E-state index in [0.717, 1.165) is 11.0 Å². The Labute approximate surface area is 188 Å². The zero-order valence-electron chi connectivity index (χ0n) is 15.2. The highest BCUT2D eigenvalue weighted by atomic mass is 79.9. The van der Waals surface area contributed by atoms with Gasteiger partial charge in [-0.1, -0.05) is 11.6 Å². The number of ether oxygens (including phenoxy) is 1. The van der Waals surface area contributed by atoms with Crippen LogP contribution in [-0.2, 0) is 9.59 Å². The molecule has 0 saturated carbocycles. The van der Waals surface area contributed by atoms with Crippen LogP contribution in [0.4, 0.5) is 14.9 Å². The number of carbonyl (C=O) groups is 3. The van der Waals surface area contributed by atoms with Crippen LogP contribution in [0.5, 0.6) is 11.5 Å². The van der Waals surface area contributed by atoms with E-state index in [4.69, 9.17) is 16.3 Å². The Morgan fingerprint density at radius 1 is 1.37 bits per heavy atom. The Morgan fingerprint density at radius 2 is 2.10 bits per heavy atom. The number of anilines is 1. The van der Waals surface area contributed by atoms with Gasteiger partial charge < -0.3 is 15.2 Å². The minimum atomic E-state index is -0.643. The summed E-state index contributed by atoms with van der Waals surface area (Å²) in [6.45, 7) is -0.514. The molecule has 0 spiro atoms. The predicted octanol–water partition coefficient (Wildman–Crippen LogP) is 4.63. The molecular weight excluding hydrogens is 503 g/mol. The molecule has 1 fully saturated rings. The van der Waals surface area contributed by atoms with E-state index >= 15 is 0 Å². The van der Waals surface area contributed by atoms with Crippen molar-refractivity contribution in [3.05, 3.63) is 56.1 Å². The third-order valence-corrected chi connectivity index (χ3v) is 5.75. The third-order valence-electron chi connectivity index (χ3n) is 3.95. The Morgan fingerprint density at radius 3 is 2.77 bits per heavy atom. The number of phenols is 1. The molecule has 2 aromatic carbocycles. The van der Waals surface area contributed by atoms with Crippen LogP contribution in [0.2, 0.25) is 5.02 Å². The first kappa shape index (κ1) is 22.1. The summed E-state index contributed by atoms with van der Waals surface area (Å²) in [6.07, 6.45) is 1.45. The van der Waals surface area contributed by atoms with Crippen molar-refractivity contribution in [3.63, 3.8) is 0 Å². The second-order valence-corrected chi connectivity index (χ2v) is 8.25. The maximum atomic E-state index is 13.2. The van der Waals surface area contributed by atoms with Crippen molar-refractivity contribution in [1.82, 2.24) is 4.90 Å². The molecule has 30 heavy (non-hydrogen) atoms. The number of rotatable bonds is 5. The molecule has 2 aromatic rings. The normalized spacial score (nSPS) is 15.1. The lowest BCUT2D eigenvalue weighted by Crippen LogP contribution is -2.36. The van der Waals surface area contributed by atoms with Crippen molar-refractivity contribution in [3.8, 4) is 11.5 Å². The first-order valence-electron chi connectivity index (χ1n) is 8.26. The number of aromatic hydroxyl groups is 1. The predicted molar refractivity (Wildman–Crippen MR) is 115 cm³/mol. The number of imide groups is 1. The quantitative estimate of drug-likeness (QED) is 0.564. The summed E-state index contributed by atoms with van der Waals surface area (Å²) in [7, 11) is 1.38. The van der Waals surface area contributed by atoms with Gasteiger partial charge in [0, 0.05) is 5.69 Å². The summed E-state index contributed by atoms with van der Waals surface area (Å²) in [5.74, 6) is -1.83. The smallest absolute Gasteiger partial charge is 0.294 e. The molecule has 3 rings (SSSR count). The van der Waals surface area contributed by atoms with Gasteiger partial charge in [-0.15, -0.1) is 0 Å². The Hall–Kier alpha value is -2.56. The van der Waals surface area contributed by atoms with E-state index in [2.05, 4.69) is 21.2 Å². The molecule has 0 bridgehead atoms. The van der Waals surface area contributed by atoms with E-state index in [1.54, 1.807) is 6.07 Å². The fraction of sp³-hybridized carbons (Fsp3) is 0.105. The first-order valence-corrected chi connectivity index (χ1v) is 10.2. The van der Waals surface area contributed by atoms with Gasteiger partial charge in [-0.3, -0.25) is 19.3 Å². The van der Waals surface area contributed by atoms with E-state index in [1.165, 1.54) is 31.4 Å². The van der Waals surface area contributed by atoms with Crippen molar-refractivity contribution < 1.29 is 28.6 Å². The fourth-order valence-corrected chi connectivity index (χ4v) is 4.02. The minimum Gasteiger partial charge on any atom is -0.503 e. The van der Waals surface area contributed by atoms with E-state index in [9.17, 15) is 23.9 Å². The molecule has 7 nitrogen and oxygen atoms in total. The van der Waals surface area contributed by atoms with Crippen LogP contribution in [0.15, 0.2) is 39.7 Å². The number of methoxy groups -OCH3 is 1. The lowest BCUT2D eigenvalue weighted by atomic mass is 10.2. The summed E-state index contributed by atoms with van der Waals surface area (Å²) in [6, 6.07) is 6.67. The molecule has 0 atom stereocenters. The second-order valence-electron chi connectivity index (χ2n) is 6.00. The number of hydrogen-bond donors (Lipinski definition) is 2. The van der Waals surface area contributed by atoms with Crippen LogP contribution in [-0.4, -0.2) is 40.7 Å². The second kappa shape index (κ2) is 9.07. The molecular formula is C19H13BrClFN2O5S. The summed E-state index contributed by atoms with van der Waals surface area (Å²) >= 11 is 9.54. The Kier molecular flexibility index (Phi) is 6.69. The van der Waals surface area contributed by atoms with Gasteiger partial charge in [-0.2, -0.15) is 0 Å². The van der Waals surface area contributed by atoms with Gasteiger partial charge in [0.15, 0.2) is 11.5 Å². The van der Waals surface area contributed by atoms with Crippen molar-refractivity contribution >= 4 is 68.1 Å². The van der Waals surface area contributed by atoms with Gasteiger partial charge >= 0.3 is 0 Å². The number of thioether (sulfide) groups is 1. The molecule has 0 unspecified atom stereocenters. The largest absolute Gasteiger partial charge is 0.503 e. The van der Waals surface area contributed by atoms with Crippen molar-refractivity contribution in [2.75, 3.05) is 19.0 Å². The van der Waals surface area contributed by atoms with E-state index < -0.39 is 29.4 Å². The van der Waals surface area contributed by atoms with Crippen LogP contribution < -0.4 is 10.1 Å². The molecule has 1 saturated heterocycles. The van der Waals surface area contributed by atoms with Gasteiger partial charge in [0.2, 0.25) is 5.91 Å². The van der Waals surface area contributed by atoms with Gasteiger partial charge in [0.25, 0.3) is 11.1 Å². The SMILES string of the molecule is COc1cc(/C=C2/SC(=O)N(CC(=O)Nc3ccc(F)c(Cl)c3)C2=O)cc(Br)c1O. The zero-order valence-corrected chi connectivity index (χ0v) is 18.4. The monoisotopic (exact) mass is 514 g/mol. The summed E-state index contributed by atoms with van der Waals surface area (Å²) < 4.78 is 18.6. The molecule has 1 heterocycles. The van der Waals surface area contributed by atoms with E-state index in [1.807, 2.05) is 0 Å². The van der Waals surface area contributed by atoms with E-state index in [-0.39, 0.29) is 27.1 Å². The van der Waals surface area contributed by atoms with Crippen molar-refractivity contribution in [2.45, 2.75) is 0 Å². The van der Waals surface area contributed by atoms with Crippen molar-refractivity contribution in [1.29, 1.82) is 0 Å². The number of amides is 3. The minimum absolute atomic E-state index is 0.0969. The molecule has 3 amide bonds. The van der Waals surface area contributed by atoms with Gasteiger partial charge in [-0.05, 0) is 69.7 Å². The zero-order chi connectivity index (χ0) is 22.0. The van der Waals surface area contributed by atoms with Gasteiger partial charge in [0.1, 0.15) is 12.4 Å². The summed E-state index contributed by atoms with van der Waals surface area (Å²) in [5, 5.41) is 11.5. The molecule has 0 aliphatic carbocycles. The summed E-state index contributed by atoms with van der Waals surface area (Å²) in [5.41, 5.74) is 0.738. The average Bonchev–Trinajstić information content (AvgIpc) is 2.94. The van der Waals surface area contributed by atoms with E-state index in [0.29, 0.717) is 21.8 Å². The highest BCUT2D eigenvalue weighted by molar-refractivity contribution is 9.10. The lowest BCUT2D eigenvalue weighted by Gasteiger charge is -2.12. The Balaban J connectivity index is 1.74. The van der Waals surface area contributed by atoms with Crippen LogP contribution in [0.3, 0.4) is 0 Å². The molecule has 0 aromatic heterocycles. The fourth-order valence-electron chi connectivity index (χ4n) is 2.54. The third kappa shape index (κ3) is 4.77. The molecule has 1 aliphatic heterocycles. The number of carbonyl (C=O) groups excluding carboxylic acids is 3. The maximum absolute atomic E-state index is 13.2. The number of phenolic OH excluding ortho intramolecular Hbond substituents is 1. The van der Waals surface area contributed by atoms with Gasteiger partial charge in [-0.25, -0.2) is 4.39 Å². The number of nitrogens with zero attached hydrogens (tertiary/aromatic N) is 1. The number of halogens is 3. The maximum Gasteiger partial charge on any atom is 0.294 e. The topological polar surface area (TPSA) is 95.9 Å². The summed E-state index contributed by atoms with van der Waals surface area (Å²) in [4.78, 5) is 37.9. The van der Waals surface area contributed by atoms with Crippen LogP contribution in [0, 0.1) is 5.82 Å². The first-order chi connectivity index (χ1) is 14.2. The molecule has 1 aliphatic rings. The van der Waals surface area contributed by atoms with Gasteiger partial charge in [0.05, 0.1) is 21.5 Å². The van der Waals surface area contributed by atoms with Crippen molar-refractivity contribution in [2.24, 2.45) is 0 Å². The molecule has 2 N–H and O–H groups in total. The lowest BCUT2D eigenvalue weighted by molar-refractivity contribution is -0.127. The number of nitrogens with one attached hydrogen (secondary N) is 1. The Bertz CT molecular complexity index is 1090. The highest BCUT2D eigenvalue weighted by Gasteiger charge is 2.36. The van der Waals surface area contributed by atoms with Crippen LogP contribution in [0.1, 0.15) is 5.56 Å².